The van der Waals surface area contributed by atoms with E-state index in [4.69, 9.17) is 5.73 Å². The van der Waals surface area contributed by atoms with Crippen LogP contribution in [0.3, 0.4) is 0 Å². The Bertz CT molecular complexity index is 1510. The van der Waals surface area contributed by atoms with Gasteiger partial charge < -0.3 is 15.5 Å². The zero-order valence-corrected chi connectivity index (χ0v) is 20.9. The molecule has 1 aliphatic heterocycles. The van der Waals surface area contributed by atoms with Gasteiger partial charge in [0.15, 0.2) is 0 Å². The summed E-state index contributed by atoms with van der Waals surface area (Å²) in [6.45, 7) is 4.32. The van der Waals surface area contributed by atoms with Crippen LogP contribution in [0.1, 0.15) is 34.1 Å². The normalized spacial score (nSPS) is 13.1. The average Bonchev–Trinajstić information content (AvgIpc) is 2.97. The molecular formula is C29H26FN7O. The molecular weight excluding hydrogens is 481 g/mol. The van der Waals surface area contributed by atoms with Crippen molar-refractivity contribution >= 4 is 17.4 Å². The summed E-state index contributed by atoms with van der Waals surface area (Å²) in [6, 6.07) is 11.9. The van der Waals surface area contributed by atoms with E-state index in [1.54, 1.807) is 41.7 Å². The van der Waals surface area contributed by atoms with Gasteiger partial charge in [0.05, 0.1) is 22.5 Å². The van der Waals surface area contributed by atoms with Crippen LogP contribution in [0.15, 0.2) is 67.4 Å². The second kappa shape index (κ2) is 11.0. The van der Waals surface area contributed by atoms with Crippen molar-refractivity contribution in [2.75, 3.05) is 36.8 Å². The highest BCUT2D eigenvalue weighted by Gasteiger charge is 2.25. The molecule has 3 aromatic heterocycles. The molecule has 0 bridgehead atoms. The average molecular weight is 508 g/mol. The standard InChI is InChI=1S/C29H26FN7O/c1-2-26-24(6-3-20-4-8-27(31)33-18-20)28(35-19-34-26)21-5-7-23(25(30)17-21)29(38)37-15-13-36(14-16-37)22-9-11-32-12-10-22/h4-5,7-12,17-19H,2,13-16H2,1H3,(H2,31,33). The molecule has 0 spiro atoms. The minimum Gasteiger partial charge on any atom is -0.384 e. The van der Waals surface area contributed by atoms with Gasteiger partial charge in [0.1, 0.15) is 18.0 Å². The van der Waals surface area contributed by atoms with Crippen molar-refractivity contribution in [1.29, 1.82) is 0 Å². The van der Waals surface area contributed by atoms with Crippen LogP contribution in [0.4, 0.5) is 15.9 Å². The lowest BCUT2D eigenvalue weighted by Crippen LogP contribution is -2.49. The van der Waals surface area contributed by atoms with E-state index < -0.39 is 5.82 Å². The van der Waals surface area contributed by atoms with Crippen molar-refractivity contribution in [1.82, 2.24) is 24.8 Å². The first kappa shape index (κ1) is 24.8. The smallest absolute Gasteiger partial charge is 0.256 e. The summed E-state index contributed by atoms with van der Waals surface area (Å²) >= 11 is 0. The fourth-order valence-corrected chi connectivity index (χ4v) is 4.38. The summed E-state index contributed by atoms with van der Waals surface area (Å²) in [4.78, 5) is 33.9. The highest BCUT2D eigenvalue weighted by atomic mass is 19.1. The number of halogens is 1. The monoisotopic (exact) mass is 507 g/mol. The summed E-state index contributed by atoms with van der Waals surface area (Å²) in [5, 5.41) is 0. The van der Waals surface area contributed by atoms with Gasteiger partial charge in [-0.3, -0.25) is 9.78 Å². The van der Waals surface area contributed by atoms with Gasteiger partial charge in [-0.25, -0.2) is 19.3 Å². The van der Waals surface area contributed by atoms with Crippen molar-refractivity contribution < 1.29 is 9.18 Å². The molecule has 2 N–H and O–H groups in total. The number of nitrogen functional groups attached to an aromatic ring is 1. The molecule has 4 heterocycles. The minimum absolute atomic E-state index is 0.0384. The number of amides is 1. The number of benzene rings is 1. The third-order valence-corrected chi connectivity index (χ3v) is 6.45. The van der Waals surface area contributed by atoms with Gasteiger partial charge in [0.2, 0.25) is 0 Å². The lowest BCUT2D eigenvalue weighted by atomic mass is 10.0. The Hall–Kier alpha value is -4.84. The van der Waals surface area contributed by atoms with E-state index in [1.807, 2.05) is 19.1 Å². The van der Waals surface area contributed by atoms with Gasteiger partial charge in [-0.05, 0) is 42.8 Å². The molecule has 9 heteroatoms. The van der Waals surface area contributed by atoms with Gasteiger partial charge in [-0.1, -0.05) is 24.8 Å². The number of anilines is 2. The third-order valence-electron chi connectivity index (χ3n) is 6.45. The molecule has 0 unspecified atom stereocenters. The Balaban J connectivity index is 1.37. The van der Waals surface area contributed by atoms with Crippen molar-refractivity contribution in [3.05, 3.63) is 95.6 Å². The first-order valence-corrected chi connectivity index (χ1v) is 12.3. The van der Waals surface area contributed by atoms with E-state index >= 15 is 4.39 Å². The molecule has 8 nitrogen and oxygen atoms in total. The van der Waals surface area contributed by atoms with Crippen molar-refractivity contribution in [3.63, 3.8) is 0 Å². The van der Waals surface area contributed by atoms with Gasteiger partial charge in [-0.2, -0.15) is 0 Å². The molecule has 1 aliphatic rings. The largest absolute Gasteiger partial charge is 0.384 e. The fourth-order valence-electron chi connectivity index (χ4n) is 4.38. The van der Waals surface area contributed by atoms with E-state index in [9.17, 15) is 4.79 Å². The summed E-state index contributed by atoms with van der Waals surface area (Å²) in [5.41, 5.74) is 9.84. The number of rotatable bonds is 4. The van der Waals surface area contributed by atoms with E-state index in [0.29, 0.717) is 60.8 Å². The molecule has 0 saturated carbocycles. The summed E-state index contributed by atoms with van der Waals surface area (Å²) < 4.78 is 15.3. The van der Waals surface area contributed by atoms with Crippen LogP contribution < -0.4 is 10.6 Å². The number of carbonyl (C=O) groups excluding carboxylic acids is 1. The molecule has 1 saturated heterocycles. The van der Waals surface area contributed by atoms with Gasteiger partial charge in [-0.15, -0.1) is 0 Å². The Labute approximate surface area is 220 Å². The Morgan fingerprint density at radius 2 is 1.79 bits per heavy atom. The maximum atomic E-state index is 15.3. The molecule has 0 aliphatic carbocycles. The molecule has 4 aromatic rings. The summed E-state index contributed by atoms with van der Waals surface area (Å²) in [6.07, 6.45) is 7.16. The lowest BCUT2D eigenvalue weighted by Gasteiger charge is -2.36. The second-order valence-corrected chi connectivity index (χ2v) is 8.80. The van der Waals surface area contributed by atoms with Gasteiger partial charge in [0.25, 0.3) is 5.91 Å². The van der Waals surface area contributed by atoms with Crippen molar-refractivity contribution in [3.8, 4) is 23.1 Å². The minimum atomic E-state index is -0.595. The zero-order chi connectivity index (χ0) is 26.5. The number of carbonyl (C=O) groups is 1. The Morgan fingerprint density at radius 3 is 2.47 bits per heavy atom. The topological polar surface area (TPSA) is 101 Å². The van der Waals surface area contributed by atoms with Crippen molar-refractivity contribution in [2.45, 2.75) is 13.3 Å². The molecule has 1 amide bonds. The molecule has 1 aromatic carbocycles. The first-order chi connectivity index (χ1) is 18.5. The maximum absolute atomic E-state index is 15.3. The Kier molecular flexibility index (Phi) is 7.22. The van der Waals surface area contributed by atoms with Crippen LogP contribution in [0, 0.1) is 17.7 Å². The number of nitrogens with zero attached hydrogens (tertiary/aromatic N) is 6. The summed E-state index contributed by atoms with van der Waals surface area (Å²) in [5.74, 6) is 5.69. The third kappa shape index (κ3) is 5.30. The number of hydrogen-bond acceptors (Lipinski definition) is 7. The summed E-state index contributed by atoms with van der Waals surface area (Å²) in [7, 11) is 0. The number of aryl methyl sites for hydroxylation is 1. The quantitative estimate of drug-likeness (QED) is 0.422. The van der Waals surface area contributed by atoms with Crippen LogP contribution in [-0.4, -0.2) is 56.9 Å². The SMILES string of the molecule is CCc1ncnc(-c2ccc(C(=O)N3CCN(c4ccncc4)CC3)c(F)c2)c1C#Cc1ccc(N)nc1. The zero-order valence-electron chi connectivity index (χ0n) is 20.9. The number of piperazine rings is 1. The predicted molar refractivity (Wildman–Crippen MR) is 144 cm³/mol. The first-order valence-electron chi connectivity index (χ1n) is 12.3. The number of nitrogens with two attached hydrogens (primary N) is 1. The van der Waals surface area contributed by atoms with Gasteiger partial charge >= 0.3 is 0 Å². The van der Waals surface area contributed by atoms with Crippen LogP contribution in [0.25, 0.3) is 11.3 Å². The number of hydrogen-bond donors (Lipinski definition) is 1. The number of pyridine rings is 2. The van der Waals surface area contributed by atoms with E-state index in [0.717, 1.165) is 11.4 Å². The van der Waals surface area contributed by atoms with Crippen LogP contribution in [0.2, 0.25) is 0 Å². The second-order valence-electron chi connectivity index (χ2n) is 8.80. The van der Waals surface area contributed by atoms with E-state index in [1.165, 1.54) is 18.5 Å². The highest BCUT2D eigenvalue weighted by Crippen LogP contribution is 2.26. The molecule has 5 rings (SSSR count). The molecule has 1 fully saturated rings. The maximum Gasteiger partial charge on any atom is 0.256 e. The molecule has 38 heavy (non-hydrogen) atoms. The van der Waals surface area contributed by atoms with Crippen LogP contribution in [0.5, 0.6) is 0 Å². The van der Waals surface area contributed by atoms with Crippen LogP contribution in [-0.2, 0) is 6.42 Å². The van der Waals surface area contributed by atoms with E-state index in [-0.39, 0.29) is 11.5 Å². The molecule has 0 atom stereocenters. The van der Waals surface area contributed by atoms with Crippen LogP contribution >= 0.6 is 0 Å². The fraction of sp³-hybridized carbons (Fsp3) is 0.207. The van der Waals surface area contributed by atoms with Gasteiger partial charge in [0, 0.05) is 61.6 Å². The molecule has 190 valence electrons. The Morgan fingerprint density at radius 1 is 1.00 bits per heavy atom. The van der Waals surface area contributed by atoms with E-state index in [2.05, 4.69) is 36.7 Å². The highest BCUT2D eigenvalue weighted by molar-refractivity contribution is 5.95. The predicted octanol–water partition coefficient (Wildman–Crippen LogP) is 3.58. The lowest BCUT2D eigenvalue weighted by molar-refractivity contribution is 0.0742. The number of aromatic nitrogens is 4. The van der Waals surface area contributed by atoms with Crippen molar-refractivity contribution in [2.24, 2.45) is 0 Å². The molecule has 0 radical (unpaired) electrons.